The summed E-state index contributed by atoms with van der Waals surface area (Å²) in [6, 6.07) is 7.17. The molecular formula is C14H12ClF3N2. The maximum absolute atomic E-state index is 12.6. The molecule has 6 heteroatoms. The number of benzene rings is 1. The molecule has 2 nitrogen and oxygen atoms in total. The summed E-state index contributed by atoms with van der Waals surface area (Å²) < 4.78 is 37.9. The summed E-state index contributed by atoms with van der Waals surface area (Å²) in [6.07, 6.45) is -0.351. The summed E-state index contributed by atoms with van der Waals surface area (Å²) in [6.45, 7) is 0.516. The fourth-order valence-corrected chi connectivity index (χ4v) is 1.99. The minimum absolute atomic E-state index is 0.0613. The molecule has 1 aromatic carbocycles. The molecule has 0 bridgehead atoms. The van der Waals surface area contributed by atoms with Crippen molar-refractivity contribution < 1.29 is 13.2 Å². The van der Waals surface area contributed by atoms with E-state index in [2.05, 4.69) is 10.3 Å². The zero-order valence-electron chi connectivity index (χ0n) is 10.4. The Morgan fingerprint density at radius 2 is 1.80 bits per heavy atom. The Morgan fingerprint density at radius 1 is 1.10 bits per heavy atom. The SMILES string of the molecule is FC(F)(F)c1cc(Cl)cc(NCCc2ccncc2)c1. The number of pyridine rings is 1. The van der Waals surface area contributed by atoms with Gasteiger partial charge in [-0.2, -0.15) is 13.2 Å². The van der Waals surface area contributed by atoms with Crippen LogP contribution in [-0.4, -0.2) is 11.5 Å². The van der Waals surface area contributed by atoms with Gasteiger partial charge in [0.05, 0.1) is 5.56 Å². The molecule has 2 aromatic rings. The van der Waals surface area contributed by atoms with Crippen LogP contribution in [0.4, 0.5) is 18.9 Å². The Morgan fingerprint density at radius 3 is 2.45 bits per heavy atom. The minimum atomic E-state index is -4.40. The molecule has 2 rings (SSSR count). The van der Waals surface area contributed by atoms with Crippen LogP contribution in [0.2, 0.25) is 5.02 Å². The Bertz CT molecular complexity index is 570. The van der Waals surface area contributed by atoms with E-state index in [0.717, 1.165) is 17.7 Å². The largest absolute Gasteiger partial charge is 0.416 e. The highest BCUT2D eigenvalue weighted by atomic mass is 35.5. The third kappa shape index (κ3) is 4.13. The number of anilines is 1. The van der Waals surface area contributed by atoms with Gasteiger partial charge < -0.3 is 5.32 Å². The van der Waals surface area contributed by atoms with Gasteiger partial charge in [-0.3, -0.25) is 4.98 Å². The van der Waals surface area contributed by atoms with Crippen molar-refractivity contribution in [2.75, 3.05) is 11.9 Å². The van der Waals surface area contributed by atoms with Crippen LogP contribution in [0.15, 0.2) is 42.7 Å². The smallest absolute Gasteiger partial charge is 0.385 e. The summed E-state index contributed by atoms with van der Waals surface area (Å²) in [5.41, 5.74) is 0.667. The first kappa shape index (κ1) is 14.7. The van der Waals surface area contributed by atoms with E-state index >= 15 is 0 Å². The first-order valence-corrected chi connectivity index (χ1v) is 6.33. The first-order chi connectivity index (χ1) is 9.45. The lowest BCUT2D eigenvalue weighted by molar-refractivity contribution is -0.137. The summed E-state index contributed by atoms with van der Waals surface area (Å²) in [7, 11) is 0. The van der Waals surface area contributed by atoms with Crippen molar-refractivity contribution in [3.05, 3.63) is 58.9 Å². The number of halogens is 4. The molecule has 0 spiro atoms. The number of rotatable bonds is 4. The van der Waals surface area contributed by atoms with Crippen molar-refractivity contribution in [3.8, 4) is 0 Å². The average Bonchev–Trinajstić information content (AvgIpc) is 2.38. The molecule has 106 valence electrons. The average molecular weight is 301 g/mol. The van der Waals surface area contributed by atoms with E-state index < -0.39 is 11.7 Å². The Balaban J connectivity index is 2.01. The van der Waals surface area contributed by atoms with E-state index in [1.807, 2.05) is 12.1 Å². The molecule has 1 N–H and O–H groups in total. The monoisotopic (exact) mass is 300 g/mol. The molecular weight excluding hydrogens is 289 g/mol. The van der Waals surface area contributed by atoms with Gasteiger partial charge in [0.1, 0.15) is 0 Å². The molecule has 0 aliphatic rings. The lowest BCUT2D eigenvalue weighted by atomic mass is 10.1. The summed E-state index contributed by atoms with van der Waals surface area (Å²) in [5, 5.41) is 3.00. The van der Waals surface area contributed by atoms with Gasteiger partial charge in [0.2, 0.25) is 0 Å². The molecule has 1 aromatic heterocycles. The Labute approximate surface area is 119 Å². The van der Waals surface area contributed by atoms with E-state index in [-0.39, 0.29) is 5.02 Å². The number of hydrogen-bond donors (Lipinski definition) is 1. The molecule has 0 saturated carbocycles. The van der Waals surface area contributed by atoms with Gasteiger partial charge in [-0.05, 0) is 42.3 Å². The quantitative estimate of drug-likeness (QED) is 0.905. The molecule has 0 atom stereocenters. The van der Waals surface area contributed by atoms with Gasteiger partial charge in [-0.25, -0.2) is 0 Å². The lowest BCUT2D eigenvalue weighted by Gasteiger charge is -2.11. The van der Waals surface area contributed by atoms with E-state index in [1.54, 1.807) is 12.4 Å². The predicted molar refractivity (Wildman–Crippen MR) is 72.9 cm³/mol. The van der Waals surface area contributed by atoms with Crippen molar-refractivity contribution in [1.82, 2.24) is 4.98 Å². The van der Waals surface area contributed by atoms with E-state index in [9.17, 15) is 13.2 Å². The molecule has 0 amide bonds. The third-order valence-electron chi connectivity index (χ3n) is 2.72. The van der Waals surface area contributed by atoms with E-state index in [1.165, 1.54) is 6.07 Å². The normalized spacial score (nSPS) is 11.4. The van der Waals surface area contributed by atoms with Gasteiger partial charge >= 0.3 is 6.18 Å². The first-order valence-electron chi connectivity index (χ1n) is 5.96. The van der Waals surface area contributed by atoms with Gasteiger partial charge in [0.25, 0.3) is 0 Å². The molecule has 0 radical (unpaired) electrons. The maximum atomic E-state index is 12.6. The second-order valence-corrected chi connectivity index (χ2v) is 4.70. The van der Waals surface area contributed by atoms with Crippen molar-refractivity contribution >= 4 is 17.3 Å². The molecule has 20 heavy (non-hydrogen) atoms. The second-order valence-electron chi connectivity index (χ2n) is 4.26. The van der Waals surface area contributed by atoms with Crippen LogP contribution in [0, 0.1) is 0 Å². The molecule has 0 saturated heterocycles. The van der Waals surface area contributed by atoms with Crippen LogP contribution in [-0.2, 0) is 12.6 Å². The molecule has 0 aliphatic carbocycles. The summed E-state index contributed by atoms with van der Waals surface area (Å²) in [4.78, 5) is 3.90. The minimum Gasteiger partial charge on any atom is -0.385 e. The van der Waals surface area contributed by atoms with Gasteiger partial charge in [-0.1, -0.05) is 11.6 Å². The fraction of sp³-hybridized carbons (Fsp3) is 0.214. The van der Waals surface area contributed by atoms with Crippen molar-refractivity contribution in [3.63, 3.8) is 0 Å². The zero-order valence-corrected chi connectivity index (χ0v) is 11.2. The molecule has 0 aliphatic heterocycles. The van der Waals surface area contributed by atoms with Crippen molar-refractivity contribution in [2.45, 2.75) is 12.6 Å². The number of alkyl halides is 3. The predicted octanol–water partition coefficient (Wildman–Crippen LogP) is 4.41. The number of nitrogens with one attached hydrogen (secondary N) is 1. The second kappa shape index (κ2) is 6.13. The number of aromatic nitrogens is 1. The van der Waals surface area contributed by atoms with Crippen molar-refractivity contribution in [2.24, 2.45) is 0 Å². The summed E-state index contributed by atoms with van der Waals surface area (Å²) >= 11 is 5.70. The number of nitrogens with zero attached hydrogens (tertiary/aromatic N) is 1. The molecule has 0 fully saturated rings. The standard InChI is InChI=1S/C14H12ClF3N2/c15-12-7-11(14(16,17)18)8-13(9-12)20-6-3-10-1-4-19-5-2-10/h1-2,4-5,7-9,20H,3,6H2. The highest BCUT2D eigenvalue weighted by Crippen LogP contribution is 2.33. The highest BCUT2D eigenvalue weighted by molar-refractivity contribution is 6.30. The van der Waals surface area contributed by atoms with Crippen LogP contribution in [0.1, 0.15) is 11.1 Å². The zero-order chi connectivity index (χ0) is 14.6. The maximum Gasteiger partial charge on any atom is 0.416 e. The van der Waals surface area contributed by atoms with Gasteiger partial charge in [0.15, 0.2) is 0 Å². The van der Waals surface area contributed by atoms with Gasteiger partial charge in [0, 0.05) is 29.6 Å². The third-order valence-corrected chi connectivity index (χ3v) is 2.94. The molecule has 1 heterocycles. The Hall–Kier alpha value is -1.75. The van der Waals surface area contributed by atoms with Crippen LogP contribution < -0.4 is 5.32 Å². The topological polar surface area (TPSA) is 24.9 Å². The van der Waals surface area contributed by atoms with Crippen LogP contribution >= 0.6 is 11.6 Å². The van der Waals surface area contributed by atoms with Crippen molar-refractivity contribution in [1.29, 1.82) is 0 Å². The highest BCUT2D eigenvalue weighted by Gasteiger charge is 2.31. The van der Waals surface area contributed by atoms with Gasteiger partial charge in [-0.15, -0.1) is 0 Å². The lowest BCUT2D eigenvalue weighted by Crippen LogP contribution is -2.08. The van der Waals surface area contributed by atoms with E-state index in [0.29, 0.717) is 18.7 Å². The Kier molecular flexibility index (Phi) is 4.49. The van der Waals surface area contributed by atoms with E-state index in [4.69, 9.17) is 11.6 Å². The van der Waals surface area contributed by atoms with Crippen LogP contribution in [0.25, 0.3) is 0 Å². The number of hydrogen-bond acceptors (Lipinski definition) is 2. The van der Waals surface area contributed by atoms with Crippen LogP contribution in [0.3, 0.4) is 0 Å². The fourth-order valence-electron chi connectivity index (χ4n) is 1.76. The molecule has 0 unspecified atom stereocenters. The summed E-state index contributed by atoms with van der Waals surface area (Å²) in [5.74, 6) is 0. The van der Waals surface area contributed by atoms with Crippen LogP contribution in [0.5, 0.6) is 0 Å².